The van der Waals surface area contributed by atoms with Crippen LogP contribution in [0.3, 0.4) is 0 Å². The molecule has 2 aromatic carbocycles. The molecule has 2 aromatic rings. The predicted octanol–water partition coefficient (Wildman–Crippen LogP) is 5.57. The summed E-state index contributed by atoms with van der Waals surface area (Å²) in [4.78, 5) is -1.80. The number of halogens is 3. The Bertz CT molecular complexity index is 638. The van der Waals surface area contributed by atoms with E-state index in [1.807, 2.05) is 6.07 Å². The van der Waals surface area contributed by atoms with E-state index in [2.05, 4.69) is 0 Å². The molecule has 2 atom stereocenters. The highest BCUT2D eigenvalue weighted by Crippen LogP contribution is 2.48. The normalized spacial score (nSPS) is 15.6. The molecule has 0 saturated carbocycles. The third-order valence-corrected chi connectivity index (χ3v) is 5.63. The van der Waals surface area contributed by atoms with Crippen LogP contribution < -0.4 is 0 Å². The van der Waals surface area contributed by atoms with Crippen LogP contribution in [0.15, 0.2) is 70.5 Å². The van der Waals surface area contributed by atoms with E-state index in [1.54, 1.807) is 61.5 Å². The zero-order valence-corrected chi connectivity index (χ0v) is 15.2. The van der Waals surface area contributed by atoms with E-state index in [1.165, 1.54) is 11.8 Å². The van der Waals surface area contributed by atoms with Crippen molar-refractivity contribution >= 4 is 23.5 Å². The summed E-state index contributed by atoms with van der Waals surface area (Å²) in [5.41, 5.74) is -0.824. The average Bonchev–Trinajstić information content (AvgIpc) is 2.56. The smallest absolute Gasteiger partial charge is 0.371 e. The molecule has 0 spiro atoms. The Morgan fingerprint density at radius 2 is 1.48 bits per heavy atom. The number of benzene rings is 2. The van der Waals surface area contributed by atoms with Crippen LogP contribution in [0.2, 0.25) is 0 Å². The lowest BCUT2D eigenvalue weighted by Gasteiger charge is -2.32. The molecule has 0 aliphatic carbocycles. The van der Waals surface area contributed by atoms with Crippen molar-refractivity contribution in [1.29, 1.82) is 0 Å². The third-order valence-electron chi connectivity index (χ3n) is 3.28. The quantitative estimate of drug-likeness (QED) is 0.473. The summed E-state index contributed by atoms with van der Waals surface area (Å²) in [5.74, 6) is 0. The van der Waals surface area contributed by atoms with Gasteiger partial charge in [-0.2, -0.15) is 13.2 Å². The van der Waals surface area contributed by atoms with Gasteiger partial charge < -0.3 is 9.84 Å². The van der Waals surface area contributed by atoms with Crippen molar-refractivity contribution < 1.29 is 23.0 Å². The molecular weight excluding hydrogens is 369 g/mol. The number of rotatable bonds is 8. The maximum atomic E-state index is 13.6. The van der Waals surface area contributed by atoms with Crippen LogP contribution >= 0.6 is 23.5 Å². The summed E-state index contributed by atoms with van der Waals surface area (Å²) in [5, 5.41) is 10.4. The summed E-state index contributed by atoms with van der Waals surface area (Å²) in [6.45, 7) is 1.98. The molecule has 2 rings (SSSR count). The summed E-state index contributed by atoms with van der Waals surface area (Å²) in [7, 11) is 0. The minimum absolute atomic E-state index is 0.258. The number of alkyl halides is 3. The second-order valence-electron chi connectivity index (χ2n) is 5.22. The van der Waals surface area contributed by atoms with Gasteiger partial charge in [0, 0.05) is 22.8 Å². The second kappa shape index (κ2) is 8.98. The Morgan fingerprint density at radius 1 is 0.960 bits per heavy atom. The van der Waals surface area contributed by atoms with E-state index in [9.17, 15) is 18.3 Å². The molecule has 25 heavy (non-hydrogen) atoms. The van der Waals surface area contributed by atoms with Gasteiger partial charge in [0.15, 0.2) is 0 Å². The van der Waals surface area contributed by atoms with Gasteiger partial charge in [0.2, 0.25) is 4.93 Å². The molecule has 2 nitrogen and oxygen atoms in total. The monoisotopic (exact) mass is 388 g/mol. The van der Waals surface area contributed by atoms with E-state index in [0.29, 0.717) is 16.7 Å². The van der Waals surface area contributed by atoms with Crippen LogP contribution in [0.5, 0.6) is 0 Å². The van der Waals surface area contributed by atoms with E-state index < -0.39 is 23.0 Å². The van der Waals surface area contributed by atoms with Crippen LogP contribution in [0, 0.1) is 0 Å². The Hall–Kier alpha value is -1.15. The minimum Gasteiger partial charge on any atom is -0.371 e. The number of aliphatic hydroxyl groups is 1. The lowest BCUT2D eigenvalue weighted by Crippen LogP contribution is -2.44. The first-order valence-electron chi connectivity index (χ1n) is 7.70. The highest BCUT2D eigenvalue weighted by atomic mass is 32.2. The van der Waals surface area contributed by atoms with Gasteiger partial charge in [-0.1, -0.05) is 59.9 Å². The van der Waals surface area contributed by atoms with Crippen LogP contribution in [-0.2, 0) is 4.74 Å². The number of ether oxygens (including phenoxy) is 1. The fraction of sp³-hybridized carbons (Fsp3) is 0.333. The van der Waals surface area contributed by atoms with Crippen LogP contribution in [-0.4, -0.2) is 28.3 Å². The fourth-order valence-electron chi connectivity index (χ4n) is 2.10. The number of hydrogen-bond donors (Lipinski definition) is 1. The summed E-state index contributed by atoms with van der Waals surface area (Å²) in [6.07, 6.45) is -5.37. The molecule has 0 saturated heterocycles. The largest absolute Gasteiger partial charge is 0.427 e. The van der Waals surface area contributed by atoms with Crippen LogP contribution in [0.25, 0.3) is 0 Å². The Kier molecular flexibility index (Phi) is 7.25. The highest BCUT2D eigenvalue weighted by Gasteiger charge is 2.55. The van der Waals surface area contributed by atoms with E-state index in [4.69, 9.17) is 4.74 Å². The van der Waals surface area contributed by atoms with Crippen LogP contribution in [0.1, 0.15) is 13.3 Å². The van der Waals surface area contributed by atoms with Gasteiger partial charge in [-0.3, -0.25) is 0 Å². The molecule has 0 aliphatic rings. The first-order chi connectivity index (χ1) is 11.8. The van der Waals surface area contributed by atoms with Crippen molar-refractivity contribution in [2.24, 2.45) is 0 Å². The number of thioether (sulfide) groups is 2. The zero-order chi connectivity index (χ0) is 18.3. The van der Waals surface area contributed by atoms with Gasteiger partial charge in [0.1, 0.15) is 5.44 Å². The average molecular weight is 388 g/mol. The zero-order valence-electron chi connectivity index (χ0n) is 13.6. The van der Waals surface area contributed by atoms with Gasteiger partial charge in [-0.05, 0) is 31.2 Å². The van der Waals surface area contributed by atoms with Crippen molar-refractivity contribution in [1.82, 2.24) is 0 Å². The molecule has 0 unspecified atom stereocenters. The molecular formula is C18H19F3O2S2. The van der Waals surface area contributed by atoms with Crippen molar-refractivity contribution in [3.05, 3.63) is 60.7 Å². The predicted molar refractivity (Wildman–Crippen MR) is 95.6 cm³/mol. The van der Waals surface area contributed by atoms with Crippen molar-refractivity contribution in [3.8, 4) is 0 Å². The summed E-state index contributed by atoms with van der Waals surface area (Å²) < 4.78 is 46.2. The van der Waals surface area contributed by atoms with Gasteiger partial charge in [-0.25, -0.2) is 0 Å². The maximum Gasteiger partial charge on any atom is 0.427 e. The summed E-state index contributed by atoms with van der Waals surface area (Å²) >= 11 is 1.57. The first-order valence-corrected chi connectivity index (χ1v) is 9.40. The molecule has 0 fully saturated rings. The lowest BCUT2D eigenvalue weighted by molar-refractivity contribution is -0.226. The molecule has 1 N–H and O–H groups in total. The standard InChI is InChI=1S/C18H19F3O2S2/c1-2-23-16(24-14-9-5-3-6-10-14)13-17(22,18(19,20)21)25-15-11-7-4-8-12-15/h3-12,16,22H,2,13H2,1H3/t16-,17-/m1/s1. The maximum absolute atomic E-state index is 13.6. The molecule has 0 aromatic heterocycles. The van der Waals surface area contributed by atoms with Crippen LogP contribution in [0.4, 0.5) is 13.2 Å². The Balaban J connectivity index is 2.20. The number of hydrogen-bond acceptors (Lipinski definition) is 4. The topological polar surface area (TPSA) is 29.5 Å². The third kappa shape index (κ3) is 5.95. The molecule has 0 radical (unpaired) electrons. The SMILES string of the molecule is CCO[C@@H](C[C@@](O)(Sc1ccccc1)C(F)(F)F)Sc1ccccc1. The first kappa shape index (κ1) is 20.2. The lowest BCUT2D eigenvalue weighted by atomic mass is 10.2. The summed E-state index contributed by atoms with van der Waals surface area (Å²) in [6, 6.07) is 17.1. The van der Waals surface area contributed by atoms with E-state index in [-0.39, 0.29) is 6.61 Å². The van der Waals surface area contributed by atoms with E-state index in [0.717, 1.165) is 4.90 Å². The van der Waals surface area contributed by atoms with Gasteiger partial charge in [0.25, 0.3) is 0 Å². The van der Waals surface area contributed by atoms with E-state index >= 15 is 0 Å². The van der Waals surface area contributed by atoms with Gasteiger partial charge in [-0.15, -0.1) is 0 Å². The van der Waals surface area contributed by atoms with Gasteiger partial charge in [0.05, 0.1) is 0 Å². The highest BCUT2D eigenvalue weighted by molar-refractivity contribution is 8.01. The van der Waals surface area contributed by atoms with Crippen molar-refractivity contribution in [3.63, 3.8) is 0 Å². The molecule has 136 valence electrons. The fourth-order valence-corrected chi connectivity index (χ4v) is 4.38. The minimum atomic E-state index is -4.79. The molecule has 7 heteroatoms. The molecule has 0 bridgehead atoms. The van der Waals surface area contributed by atoms with Gasteiger partial charge >= 0.3 is 6.18 Å². The second-order valence-corrected chi connectivity index (χ2v) is 7.80. The van der Waals surface area contributed by atoms with Crippen molar-refractivity contribution in [2.45, 2.75) is 39.7 Å². The Morgan fingerprint density at radius 3 is 1.96 bits per heavy atom. The van der Waals surface area contributed by atoms with Crippen molar-refractivity contribution in [2.75, 3.05) is 6.61 Å². The molecule has 0 heterocycles. The Labute approximate surface area is 153 Å². The molecule has 0 aliphatic heterocycles. The molecule has 0 amide bonds.